The molecule has 0 fully saturated rings. The number of nitrogens with two attached hydrogens (primary N) is 1. The predicted molar refractivity (Wildman–Crippen MR) is 91.8 cm³/mol. The summed E-state index contributed by atoms with van der Waals surface area (Å²) in [5.74, 6) is -0.459. The van der Waals surface area contributed by atoms with Crippen LogP contribution < -0.4 is 11.1 Å². The molecule has 1 aromatic heterocycles. The molecule has 0 bridgehead atoms. The topological polar surface area (TPSA) is 126 Å². The molecule has 0 atom stereocenters. The molecule has 2 aromatic rings. The maximum atomic E-state index is 12.1. The highest BCUT2D eigenvalue weighted by Gasteiger charge is 2.14. The molecular formula is C15H13BrN4O3S. The lowest BCUT2D eigenvalue weighted by Gasteiger charge is -2.08. The first-order chi connectivity index (χ1) is 11.2. The monoisotopic (exact) mass is 408 g/mol. The number of aromatic nitrogens is 1. The zero-order valence-electron chi connectivity index (χ0n) is 12.6. The average molecular weight is 409 g/mol. The van der Waals surface area contributed by atoms with Gasteiger partial charge < -0.3 is 11.1 Å². The normalized spacial score (nSPS) is 10.9. The van der Waals surface area contributed by atoms with Gasteiger partial charge >= 0.3 is 0 Å². The van der Waals surface area contributed by atoms with Crippen molar-refractivity contribution in [2.24, 2.45) is 0 Å². The summed E-state index contributed by atoms with van der Waals surface area (Å²) in [5, 5.41) is 11.6. The highest BCUT2D eigenvalue weighted by Crippen LogP contribution is 2.20. The van der Waals surface area contributed by atoms with E-state index < -0.39 is 15.7 Å². The van der Waals surface area contributed by atoms with Gasteiger partial charge in [-0.1, -0.05) is 12.1 Å². The minimum Gasteiger partial charge on any atom is -0.398 e. The molecule has 0 radical (unpaired) electrons. The van der Waals surface area contributed by atoms with E-state index >= 15 is 0 Å². The van der Waals surface area contributed by atoms with E-state index in [-0.39, 0.29) is 33.0 Å². The van der Waals surface area contributed by atoms with Gasteiger partial charge in [0.15, 0.2) is 9.84 Å². The summed E-state index contributed by atoms with van der Waals surface area (Å²) in [4.78, 5) is 16.3. The third kappa shape index (κ3) is 4.10. The number of carbonyl (C=O) groups excluding carboxylic acids is 1. The number of amides is 1. The first-order valence-electron chi connectivity index (χ1n) is 6.65. The fourth-order valence-corrected chi connectivity index (χ4v) is 3.03. The van der Waals surface area contributed by atoms with Gasteiger partial charge in [0.2, 0.25) is 0 Å². The molecule has 3 N–H and O–H groups in total. The number of rotatable bonds is 4. The van der Waals surface area contributed by atoms with E-state index in [4.69, 9.17) is 11.0 Å². The molecule has 7 nitrogen and oxygen atoms in total. The van der Waals surface area contributed by atoms with Crippen LogP contribution in [0.2, 0.25) is 0 Å². The summed E-state index contributed by atoms with van der Waals surface area (Å²) >= 11 is 3.10. The lowest BCUT2D eigenvalue weighted by molar-refractivity contribution is 0.0945. The summed E-state index contributed by atoms with van der Waals surface area (Å²) in [6.45, 7) is 0.197. The van der Waals surface area contributed by atoms with Crippen molar-refractivity contribution in [3.05, 3.63) is 51.8 Å². The van der Waals surface area contributed by atoms with Crippen LogP contribution in [0, 0.1) is 11.3 Å². The highest BCUT2D eigenvalue weighted by atomic mass is 79.9. The van der Waals surface area contributed by atoms with E-state index in [9.17, 15) is 13.2 Å². The Morgan fingerprint density at radius 1 is 1.38 bits per heavy atom. The SMILES string of the molecule is CS(=O)(=O)c1ccc(CNC(=O)c2cc(N)c(C#N)c(Br)n2)cc1. The third-order valence-electron chi connectivity index (χ3n) is 3.15. The van der Waals surface area contributed by atoms with Crippen LogP contribution in [0.5, 0.6) is 0 Å². The number of pyridine rings is 1. The fourth-order valence-electron chi connectivity index (χ4n) is 1.89. The van der Waals surface area contributed by atoms with Crippen LogP contribution in [0.3, 0.4) is 0 Å². The lowest BCUT2D eigenvalue weighted by Crippen LogP contribution is -2.24. The zero-order valence-corrected chi connectivity index (χ0v) is 15.0. The van der Waals surface area contributed by atoms with Gasteiger partial charge in [-0.3, -0.25) is 4.79 Å². The van der Waals surface area contributed by atoms with Crippen LogP contribution in [0.4, 0.5) is 5.69 Å². The molecule has 2 rings (SSSR count). The number of nitriles is 1. The number of sulfone groups is 1. The molecule has 1 aromatic carbocycles. The molecule has 0 saturated carbocycles. The number of carbonyl (C=O) groups is 1. The number of nitrogens with zero attached hydrogens (tertiary/aromatic N) is 2. The minimum atomic E-state index is -3.25. The highest BCUT2D eigenvalue weighted by molar-refractivity contribution is 9.10. The van der Waals surface area contributed by atoms with Gasteiger partial charge in [0.1, 0.15) is 21.9 Å². The molecule has 0 spiro atoms. The minimum absolute atomic E-state index is 0.0751. The Labute approximate surface area is 147 Å². The van der Waals surface area contributed by atoms with Crippen molar-refractivity contribution in [3.63, 3.8) is 0 Å². The van der Waals surface area contributed by atoms with Gasteiger partial charge in [0.05, 0.1) is 10.6 Å². The van der Waals surface area contributed by atoms with Gasteiger partial charge in [-0.15, -0.1) is 0 Å². The van der Waals surface area contributed by atoms with Crippen LogP contribution in [-0.4, -0.2) is 25.6 Å². The van der Waals surface area contributed by atoms with Crippen molar-refractivity contribution in [3.8, 4) is 6.07 Å². The smallest absolute Gasteiger partial charge is 0.270 e. The Kier molecular flexibility index (Phi) is 5.21. The van der Waals surface area contributed by atoms with Crippen molar-refractivity contribution in [1.82, 2.24) is 10.3 Å². The molecule has 0 aliphatic rings. The van der Waals surface area contributed by atoms with Crippen molar-refractivity contribution in [2.45, 2.75) is 11.4 Å². The summed E-state index contributed by atoms with van der Waals surface area (Å²) in [6.07, 6.45) is 1.13. The standard InChI is InChI=1S/C15H13BrN4O3S/c1-24(22,23)10-4-2-9(3-5-10)8-19-15(21)13-6-12(18)11(7-17)14(16)20-13/h2-6H,8H2,1H3,(H2,18,20)(H,19,21). The van der Waals surface area contributed by atoms with Crippen LogP contribution in [0.25, 0.3) is 0 Å². The Bertz CT molecular complexity index is 911. The fraction of sp³-hybridized carbons (Fsp3) is 0.133. The molecule has 124 valence electrons. The third-order valence-corrected chi connectivity index (χ3v) is 4.86. The second-order valence-electron chi connectivity index (χ2n) is 4.97. The van der Waals surface area contributed by atoms with Crippen molar-refractivity contribution in [2.75, 3.05) is 12.0 Å². The van der Waals surface area contributed by atoms with Gasteiger partial charge in [0.25, 0.3) is 5.91 Å². The number of hydrogen-bond acceptors (Lipinski definition) is 6. The number of nitrogens with one attached hydrogen (secondary N) is 1. The number of halogens is 1. The Morgan fingerprint density at radius 3 is 2.50 bits per heavy atom. The molecule has 0 aliphatic carbocycles. The molecule has 0 aliphatic heterocycles. The predicted octanol–water partition coefficient (Wildman–Crippen LogP) is 1.63. The summed E-state index contributed by atoms with van der Waals surface area (Å²) in [7, 11) is -3.25. The van der Waals surface area contributed by atoms with Crippen molar-refractivity contribution in [1.29, 1.82) is 5.26 Å². The van der Waals surface area contributed by atoms with Crippen LogP contribution >= 0.6 is 15.9 Å². The molecule has 1 heterocycles. The Balaban J connectivity index is 2.10. The number of anilines is 1. The average Bonchev–Trinajstić information content (AvgIpc) is 2.51. The maximum absolute atomic E-state index is 12.1. The van der Waals surface area contributed by atoms with Crippen molar-refractivity contribution < 1.29 is 13.2 Å². The zero-order chi connectivity index (χ0) is 17.9. The second kappa shape index (κ2) is 6.98. The van der Waals surface area contributed by atoms with Crippen LogP contribution in [-0.2, 0) is 16.4 Å². The van der Waals surface area contributed by atoms with Crippen LogP contribution in [0.15, 0.2) is 39.8 Å². The number of benzene rings is 1. The van der Waals surface area contributed by atoms with E-state index in [0.29, 0.717) is 0 Å². The molecule has 24 heavy (non-hydrogen) atoms. The van der Waals surface area contributed by atoms with Gasteiger partial charge in [0, 0.05) is 12.8 Å². The van der Waals surface area contributed by atoms with Gasteiger partial charge in [-0.05, 0) is 39.7 Å². The number of nitrogen functional groups attached to an aromatic ring is 1. The van der Waals surface area contributed by atoms with Gasteiger partial charge in [-0.25, -0.2) is 13.4 Å². The largest absolute Gasteiger partial charge is 0.398 e. The Morgan fingerprint density at radius 2 is 2.00 bits per heavy atom. The quantitative estimate of drug-likeness (QED) is 0.740. The summed E-state index contributed by atoms with van der Waals surface area (Å²) in [6, 6.07) is 9.41. The Hall–Kier alpha value is -2.44. The van der Waals surface area contributed by atoms with E-state index in [1.54, 1.807) is 12.1 Å². The molecule has 9 heteroatoms. The van der Waals surface area contributed by atoms with E-state index in [1.165, 1.54) is 18.2 Å². The molecule has 0 unspecified atom stereocenters. The summed E-state index contributed by atoms with van der Waals surface area (Å²) in [5.41, 5.74) is 6.84. The first-order valence-corrected chi connectivity index (χ1v) is 9.34. The molecule has 1 amide bonds. The van der Waals surface area contributed by atoms with E-state index in [2.05, 4.69) is 26.2 Å². The first kappa shape index (κ1) is 17.9. The number of hydrogen-bond donors (Lipinski definition) is 2. The lowest BCUT2D eigenvalue weighted by atomic mass is 10.2. The summed E-state index contributed by atoms with van der Waals surface area (Å²) < 4.78 is 23.0. The van der Waals surface area contributed by atoms with E-state index in [1.807, 2.05) is 6.07 Å². The van der Waals surface area contributed by atoms with Crippen molar-refractivity contribution >= 4 is 37.4 Å². The van der Waals surface area contributed by atoms with Gasteiger partial charge in [-0.2, -0.15) is 5.26 Å². The maximum Gasteiger partial charge on any atom is 0.270 e. The molecular weight excluding hydrogens is 396 g/mol. The second-order valence-corrected chi connectivity index (χ2v) is 7.74. The molecule has 0 saturated heterocycles. The van der Waals surface area contributed by atoms with Crippen LogP contribution in [0.1, 0.15) is 21.6 Å². The van der Waals surface area contributed by atoms with E-state index in [0.717, 1.165) is 11.8 Å².